The van der Waals surface area contributed by atoms with E-state index in [0.29, 0.717) is 23.5 Å². The molecule has 6 nitrogen and oxygen atoms in total. The molecule has 1 atom stereocenters. The summed E-state index contributed by atoms with van der Waals surface area (Å²) in [7, 11) is 0. The molecule has 0 aromatic heterocycles. The van der Waals surface area contributed by atoms with E-state index in [9.17, 15) is 14.3 Å². The lowest BCUT2D eigenvalue weighted by Gasteiger charge is -2.13. The first-order valence-electron chi connectivity index (χ1n) is 7.50. The quantitative estimate of drug-likeness (QED) is 0.786. The van der Waals surface area contributed by atoms with Crippen molar-refractivity contribution in [3.05, 3.63) is 53.8 Å². The number of aliphatic hydroxyl groups excluding tert-OH is 1. The minimum absolute atomic E-state index is 0.103. The van der Waals surface area contributed by atoms with Crippen molar-refractivity contribution in [2.75, 3.05) is 18.7 Å². The highest BCUT2D eigenvalue weighted by atomic mass is 19.1. The standard InChI is InChI=1S/C17H17FN2O4/c18-12-3-1-2-4-13(12)20-17(22)19-8-7-14(21)11-5-6-15-16(9-11)24-10-23-15/h1-6,9,14,21H,7-8,10H2,(H2,19,20,22)/t14-/m0/s1. The van der Waals surface area contributed by atoms with Gasteiger partial charge in [-0.3, -0.25) is 0 Å². The SMILES string of the molecule is O=C(NCC[C@H](O)c1ccc2c(c1)OCO2)Nc1ccccc1F. The Morgan fingerprint density at radius 1 is 1.21 bits per heavy atom. The van der Waals surface area contributed by atoms with Crippen LogP contribution in [-0.2, 0) is 0 Å². The lowest BCUT2D eigenvalue weighted by Crippen LogP contribution is -2.30. The highest BCUT2D eigenvalue weighted by Crippen LogP contribution is 2.34. The zero-order valence-corrected chi connectivity index (χ0v) is 12.8. The predicted molar refractivity (Wildman–Crippen MR) is 85.6 cm³/mol. The maximum Gasteiger partial charge on any atom is 0.319 e. The molecule has 126 valence electrons. The fourth-order valence-electron chi connectivity index (χ4n) is 2.34. The third kappa shape index (κ3) is 3.75. The van der Waals surface area contributed by atoms with E-state index in [0.717, 1.165) is 0 Å². The van der Waals surface area contributed by atoms with Gasteiger partial charge >= 0.3 is 6.03 Å². The molecule has 3 rings (SSSR count). The molecule has 0 saturated carbocycles. The van der Waals surface area contributed by atoms with Crippen molar-refractivity contribution in [1.29, 1.82) is 0 Å². The number of halogens is 1. The molecule has 0 spiro atoms. The maximum absolute atomic E-state index is 13.4. The summed E-state index contributed by atoms with van der Waals surface area (Å²) in [6.07, 6.45) is -0.446. The number of anilines is 1. The monoisotopic (exact) mass is 332 g/mol. The Morgan fingerprint density at radius 3 is 2.83 bits per heavy atom. The number of benzene rings is 2. The molecule has 0 saturated heterocycles. The number of nitrogens with one attached hydrogen (secondary N) is 2. The summed E-state index contributed by atoms with van der Waals surface area (Å²) >= 11 is 0. The van der Waals surface area contributed by atoms with E-state index in [1.54, 1.807) is 30.3 Å². The molecule has 0 bridgehead atoms. The number of urea groups is 1. The van der Waals surface area contributed by atoms with Gasteiger partial charge in [-0.1, -0.05) is 18.2 Å². The van der Waals surface area contributed by atoms with Gasteiger partial charge in [0.15, 0.2) is 11.5 Å². The molecular weight excluding hydrogens is 315 g/mol. The first-order chi connectivity index (χ1) is 11.6. The van der Waals surface area contributed by atoms with Gasteiger partial charge < -0.3 is 25.2 Å². The highest BCUT2D eigenvalue weighted by Gasteiger charge is 2.16. The van der Waals surface area contributed by atoms with Gasteiger partial charge in [-0.05, 0) is 36.2 Å². The fourth-order valence-corrected chi connectivity index (χ4v) is 2.34. The van der Waals surface area contributed by atoms with Gasteiger partial charge in [0.05, 0.1) is 11.8 Å². The van der Waals surface area contributed by atoms with Gasteiger partial charge in [0.2, 0.25) is 6.79 Å². The van der Waals surface area contributed by atoms with Crippen LogP contribution in [0.1, 0.15) is 18.1 Å². The molecule has 1 aliphatic heterocycles. The van der Waals surface area contributed by atoms with Gasteiger partial charge in [0.25, 0.3) is 0 Å². The van der Waals surface area contributed by atoms with Crippen molar-refractivity contribution in [1.82, 2.24) is 5.32 Å². The van der Waals surface area contributed by atoms with Gasteiger partial charge in [-0.2, -0.15) is 0 Å². The van der Waals surface area contributed by atoms with Crippen LogP contribution in [0.4, 0.5) is 14.9 Å². The van der Waals surface area contributed by atoms with Crippen molar-refractivity contribution < 1.29 is 23.8 Å². The van der Waals surface area contributed by atoms with Crippen LogP contribution in [0.5, 0.6) is 11.5 Å². The first-order valence-corrected chi connectivity index (χ1v) is 7.50. The number of aliphatic hydroxyl groups is 1. The molecule has 3 N–H and O–H groups in total. The number of para-hydroxylation sites is 1. The number of rotatable bonds is 5. The molecule has 0 unspecified atom stereocenters. The van der Waals surface area contributed by atoms with Gasteiger partial charge in [0, 0.05) is 6.54 Å². The Bertz CT molecular complexity index is 738. The second-order valence-electron chi connectivity index (χ2n) is 5.28. The molecule has 24 heavy (non-hydrogen) atoms. The summed E-state index contributed by atoms with van der Waals surface area (Å²) in [5.41, 5.74) is 0.780. The molecule has 2 amide bonds. The maximum atomic E-state index is 13.4. The number of ether oxygens (including phenoxy) is 2. The average molecular weight is 332 g/mol. The minimum atomic E-state index is -0.756. The lowest BCUT2D eigenvalue weighted by atomic mass is 10.1. The largest absolute Gasteiger partial charge is 0.454 e. The van der Waals surface area contributed by atoms with E-state index in [2.05, 4.69) is 10.6 Å². The van der Waals surface area contributed by atoms with Crippen molar-refractivity contribution in [3.8, 4) is 11.5 Å². The Kier molecular flexibility index (Phi) is 4.81. The van der Waals surface area contributed by atoms with Crippen LogP contribution in [0.2, 0.25) is 0 Å². The van der Waals surface area contributed by atoms with Gasteiger partial charge in [-0.15, -0.1) is 0 Å². The van der Waals surface area contributed by atoms with E-state index >= 15 is 0 Å². The fraction of sp³-hybridized carbons (Fsp3) is 0.235. The van der Waals surface area contributed by atoms with Crippen molar-refractivity contribution in [3.63, 3.8) is 0 Å². The van der Waals surface area contributed by atoms with Crippen LogP contribution in [-0.4, -0.2) is 24.5 Å². The predicted octanol–water partition coefficient (Wildman–Crippen LogP) is 2.80. The molecule has 1 heterocycles. The van der Waals surface area contributed by atoms with Gasteiger partial charge in [-0.25, -0.2) is 9.18 Å². The second kappa shape index (κ2) is 7.18. The molecule has 0 aliphatic carbocycles. The van der Waals surface area contributed by atoms with Crippen LogP contribution in [0.3, 0.4) is 0 Å². The first kappa shape index (κ1) is 16.1. The molecule has 2 aromatic rings. The average Bonchev–Trinajstić information content (AvgIpc) is 3.04. The number of amides is 2. The lowest BCUT2D eigenvalue weighted by molar-refractivity contribution is 0.165. The summed E-state index contributed by atoms with van der Waals surface area (Å²) in [4.78, 5) is 11.7. The van der Waals surface area contributed by atoms with Crippen LogP contribution in [0.25, 0.3) is 0 Å². The normalized spacial score (nSPS) is 13.4. The number of fused-ring (bicyclic) bond motifs is 1. The highest BCUT2D eigenvalue weighted by molar-refractivity contribution is 5.89. The van der Waals surface area contributed by atoms with Crippen LogP contribution in [0.15, 0.2) is 42.5 Å². The van der Waals surface area contributed by atoms with Crippen LogP contribution in [0, 0.1) is 5.82 Å². The zero-order chi connectivity index (χ0) is 16.9. The van der Waals surface area contributed by atoms with Crippen molar-refractivity contribution >= 4 is 11.7 Å². The molecule has 0 fully saturated rings. The van der Waals surface area contributed by atoms with E-state index in [1.165, 1.54) is 12.1 Å². The van der Waals surface area contributed by atoms with E-state index in [1.807, 2.05) is 0 Å². The smallest absolute Gasteiger partial charge is 0.319 e. The Balaban J connectivity index is 1.47. The topological polar surface area (TPSA) is 79.8 Å². The van der Waals surface area contributed by atoms with E-state index in [-0.39, 0.29) is 19.0 Å². The van der Waals surface area contributed by atoms with Crippen molar-refractivity contribution in [2.45, 2.75) is 12.5 Å². The number of hydrogen-bond acceptors (Lipinski definition) is 4. The zero-order valence-electron chi connectivity index (χ0n) is 12.8. The molecule has 1 aliphatic rings. The number of carbonyl (C=O) groups excluding carboxylic acids is 1. The molecule has 7 heteroatoms. The Hall–Kier alpha value is -2.80. The van der Waals surface area contributed by atoms with Crippen molar-refractivity contribution in [2.24, 2.45) is 0 Å². The summed E-state index contributed by atoms with van der Waals surface area (Å²) in [6, 6.07) is 10.6. The van der Waals surface area contributed by atoms with E-state index < -0.39 is 18.0 Å². The summed E-state index contributed by atoms with van der Waals surface area (Å²) in [5, 5.41) is 15.2. The van der Waals surface area contributed by atoms with Crippen LogP contribution >= 0.6 is 0 Å². The Labute approximate surface area is 138 Å². The molecule has 2 aromatic carbocycles. The molecule has 0 radical (unpaired) electrons. The number of carbonyl (C=O) groups is 1. The Morgan fingerprint density at radius 2 is 2.00 bits per heavy atom. The third-order valence-electron chi connectivity index (χ3n) is 3.61. The third-order valence-corrected chi connectivity index (χ3v) is 3.61. The van der Waals surface area contributed by atoms with E-state index in [4.69, 9.17) is 9.47 Å². The van der Waals surface area contributed by atoms with Gasteiger partial charge in [0.1, 0.15) is 5.82 Å². The second-order valence-corrected chi connectivity index (χ2v) is 5.28. The summed E-state index contributed by atoms with van der Waals surface area (Å²) in [5.74, 6) is 0.734. The number of hydrogen-bond donors (Lipinski definition) is 3. The minimum Gasteiger partial charge on any atom is -0.454 e. The molecular formula is C17H17FN2O4. The summed E-state index contributed by atoms with van der Waals surface area (Å²) in [6.45, 7) is 0.405. The summed E-state index contributed by atoms with van der Waals surface area (Å²) < 4.78 is 23.9. The van der Waals surface area contributed by atoms with Crippen LogP contribution < -0.4 is 20.1 Å².